The molecule has 1 aliphatic heterocycles. The number of esters is 2. The Morgan fingerprint density at radius 3 is 1.76 bits per heavy atom. The Balaban J connectivity index is 2.14. The van der Waals surface area contributed by atoms with Crippen LogP contribution in [0.15, 0.2) is 46.8 Å². The van der Waals surface area contributed by atoms with Crippen molar-refractivity contribution >= 4 is 40.7 Å². The van der Waals surface area contributed by atoms with Gasteiger partial charge >= 0.3 is 11.9 Å². The molecule has 0 bridgehead atoms. The molecule has 2 N–H and O–H groups in total. The van der Waals surface area contributed by atoms with Gasteiger partial charge in [0, 0.05) is 12.1 Å². The van der Waals surface area contributed by atoms with E-state index in [-0.39, 0.29) is 39.4 Å². The first-order chi connectivity index (χ1) is 20.2. The lowest BCUT2D eigenvalue weighted by Gasteiger charge is -2.27. The lowest BCUT2D eigenvalue weighted by molar-refractivity contribution is -0.138. The second-order valence-electron chi connectivity index (χ2n) is 8.93. The molecule has 1 unspecified atom stereocenters. The molecule has 2 aromatic carbocycles. The molecule has 12 heteroatoms. The maximum absolute atomic E-state index is 13.8. The Morgan fingerprint density at radius 1 is 0.810 bits per heavy atom. The number of fused-ring (bicyclic) bond motifs is 1. The normalized spacial score (nSPS) is 14.8. The van der Waals surface area contributed by atoms with Crippen LogP contribution >= 0.6 is 11.3 Å². The minimum absolute atomic E-state index is 0.0423. The van der Waals surface area contributed by atoms with Crippen LogP contribution in [0.5, 0.6) is 23.0 Å². The zero-order chi connectivity index (χ0) is 30.6. The van der Waals surface area contributed by atoms with E-state index in [4.69, 9.17) is 34.2 Å². The zero-order valence-corrected chi connectivity index (χ0v) is 25.0. The number of rotatable bonds is 10. The molecule has 1 atom stereocenters. The van der Waals surface area contributed by atoms with Crippen molar-refractivity contribution in [2.75, 3.05) is 41.7 Å². The maximum atomic E-state index is 13.8. The fraction of sp³-hybridized carbons (Fsp3) is 0.300. The lowest BCUT2D eigenvalue weighted by Crippen LogP contribution is -2.42. The maximum Gasteiger partial charge on any atom is 0.338 e. The summed E-state index contributed by atoms with van der Waals surface area (Å²) >= 11 is 1.04. The molecule has 0 saturated heterocycles. The molecule has 1 aliphatic rings. The summed E-state index contributed by atoms with van der Waals surface area (Å²) in [6.45, 7) is 3.41. The highest BCUT2D eigenvalue weighted by Gasteiger charge is 2.40. The summed E-state index contributed by atoms with van der Waals surface area (Å²) in [5, 5.41) is 0. The average molecular weight is 597 g/mol. The first kappa shape index (κ1) is 30.3. The van der Waals surface area contributed by atoms with Crippen molar-refractivity contribution in [3.05, 3.63) is 72.6 Å². The molecule has 4 rings (SSSR count). The number of benzene rings is 2. The molecule has 2 heterocycles. The molecule has 222 valence electrons. The number of carbonyl (C=O) groups is 2. The predicted octanol–water partition coefficient (Wildman–Crippen LogP) is 1.97. The number of nitrogens with two attached hydrogens (primary N) is 1. The van der Waals surface area contributed by atoms with Gasteiger partial charge in [0.25, 0.3) is 5.56 Å². The Labute approximate surface area is 246 Å². The molecule has 0 radical (unpaired) electrons. The highest BCUT2D eigenvalue weighted by atomic mass is 32.1. The molecule has 42 heavy (non-hydrogen) atoms. The Hall–Kier alpha value is -4.71. The van der Waals surface area contributed by atoms with E-state index in [0.29, 0.717) is 34.1 Å². The summed E-state index contributed by atoms with van der Waals surface area (Å²) in [7, 11) is 6.01. The lowest BCUT2D eigenvalue weighted by atomic mass is 9.83. The summed E-state index contributed by atoms with van der Waals surface area (Å²) in [6.07, 6.45) is 1.63. The van der Waals surface area contributed by atoms with E-state index < -0.39 is 23.4 Å². The number of aromatic nitrogens is 1. The second-order valence-corrected chi connectivity index (χ2v) is 9.97. The van der Waals surface area contributed by atoms with Gasteiger partial charge in [-0.1, -0.05) is 0 Å². The Morgan fingerprint density at radius 2 is 1.29 bits per heavy atom. The van der Waals surface area contributed by atoms with Gasteiger partial charge in [-0.3, -0.25) is 9.36 Å². The van der Waals surface area contributed by atoms with Gasteiger partial charge in [0.05, 0.1) is 63.2 Å². The molecule has 3 aromatic rings. The van der Waals surface area contributed by atoms with Gasteiger partial charge < -0.3 is 34.2 Å². The molecule has 0 aliphatic carbocycles. The van der Waals surface area contributed by atoms with Crippen molar-refractivity contribution in [1.82, 2.24) is 4.57 Å². The van der Waals surface area contributed by atoms with Crippen molar-refractivity contribution in [1.29, 1.82) is 0 Å². The van der Waals surface area contributed by atoms with E-state index in [9.17, 15) is 14.4 Å². The van der Waals surface area contributed by atoms with Crippen LogP contribution in [0, 0.1) is 0 Å². The van der Waals surface area contributed by atoms with Gasteiger partial charge in [-0.05, 0) is 55.3 Å². The fourth-order valence-corrected chi connectivity index (χ4v) is 5.82. The molecule has 0 amide bonds. The fourth-order valence-electron chi connectivity index (χ4n) is 4.66. The van der Waals surface area contributed by atoms with Crippen LogP contribution < -0.4 is 39.4 Å². The first-order valence-corrected chi connectivity index (χ1v) is 13.8. The standard InChI is InChI=1S/C30H32N2O9S/c1-7-40-29(34)24-23(17-12-20(38-5)15-21(13-17)39-6)25(30(35)41-8-2)28-32(26(24)31)27(33)22(42-28)11-16-9-18(36-3)14-19(10-16)37-4/h9-15,23H,7-8,31H2,1-6H3/b22-11+. The van der Waals surface area contributed by atoms with Crippen molar-refractivity contribution in [3.63, 3.8) is 0 Å². The first-order valence-electron chi connectivity index (χ1n) is 13.0. The van der Waals surface area contributed by atoms with Gasteiger partial charge in [-0.15, -0.1) is 11.3 Å². The Bertz CT molecular complexity index is 1690. The van der Waals surface area contributed by atoms with E-state index in [1.165, 1.54) is 28.4 Å². The third-order valence-electron chi connectivity index (χ3n) is 6.52. The minimum Gasteiger partial charge on any atom is -0.497 e. The van der Waals surface area contributed by atoms with Crippen LogP contribution in [0.3, 0.4) is 0 Å². The smallest absolute Gasteiger partial charge is 0.338 e. The van der Waals surface area contributed by atoms with Gasteiger partial charge in [0.15, 0.2) is 0 Å². The summed E-state index contributed by atoms with van der Waals surface area (Å²) in [6, 6.07) is 10.1. The van der Waals surface area contributed by atoms with E-state index >= 15 is 0 Å². The number of hydrogen-bond donors (Lipinski definition) is 1. The molecular formula is C30H32N2O9S. The van der Waals surface area contributed by atoms with Gasteiger partial charge in [-0.2, -0.15) is 0 Å². The topological polar surface area (TPSA) is 138 Å². The molecule has 11 nitrogen and oxygen atoms in total. The highest BCUT2D eigenvalue weighted by Crippen LogP contribution is 2.40. The second kappa shape index (κ2) is 12.9. The van der Waals surface area contributed by atoms with Crippen LogP contribution in [0.25, 0.3) is 17.5 Å². The monoisotopic (exact) mass is 596 g/mol. The van der Waals surface area contributed by atoms with Gasteiger partial charge in [0.2, 0.25) is 0 Å². The number of nitrogens with zero attached hydrogens (tertiary/aromatic N) is 1. The van der Waals surface area contributed by atoms with Crippen molar-refractivity contribution in [3.8, 4) is 23.0 Å². The van der Waals surface area contributed by atoms with E-state index in [0.717, 1.165) is 15.9 Å². The molecule has 0 saturated carbocycles. The summed E-state index contributed by atoms with van der Waals surface area (Å²) in [5.74, 6) is -0.830. The van der Waals surface area contributed by atoms with Crippen molar-refractivity contribution in [2.24, 2.45) is 5.73 Å². The number of carbonyl (C=O) groups excluding carboxylic acids is 2. The predicted molar refractivity (Wildman–Crippen MR) is 157 cm³/mol. The minimum atomic E-state index is -1.06. The van der Waals surface area contributed by atoms with Gasteiger partial charge in [0.1, 0.15) is 33.5 Å². The van der Waals surface area contributed by atoms with Crippen LogP contribution in [0.2, 0.25) is 0 Å². The largest absolute Gasteiger partial charge is 0.497 e. The molecule has 0 spiro atoms. The highest BCUT2D eigenvalue weighted by molar-refractivity contribution is 7.07. The van der Waals surface area contributed by atoms with E-state index in [1.54, 1.807) is 56.3 Å². The number of ether oxygens (including phenoxy) is 6. The van der Waals surface area contributed by atoms with E-state index in [1.807, 2.05) is 0 Å². The third kappa shape index (κ3) is 5.70. The van der Waals surface area contributed by atoms with Crippen LogP contribution in [0.1, 0.15) is 30.9 Å². The molecular weight excluding hydrogens is 564 g/mol. The average Bonchev–Trinajstić information content (AvgIpc) is 3.31. The number of hydrogen-bond acceptors (Lipinski definition) is 11. The van der Waals surface area contributed by atoms with E-state index in [2.05, 4.69) is 0 Å². The van der Waals surface area contributed by atoms with Crippen molar-refractivity contribution < 1.29 is 38.0 Å². The quantitative estimate of drug-likeness (QED) is 0.346. The number of thiazole rings is 1. The van der Waals surface area contributed by atoms with Gasteiger partial charge in [-0.25, -0.2) is 9.59 Å². The molecule has 1 aromatic heterocycles. The van der Waals surface area contributed by atoms with Crippen LogP contribution in [0.4, 0.5) is 0 Å². The summed E-state index contributed by atoms with van der Waals surface area (Å²) < 4.78 is 34.0. The summed E-state index contributed by atoms with van der Waals surface area (Å²) in [5.41, 5.74) is 7.10. The molecule has 0 fully saturated rings. The summed E-state index contributed by atoms with van der Waals surface area (Å²) in [4.78, 5) is 40.9. The Kier molecular flexibility index (Phi) is 9.26. The SMILES string of the molecule is CCOC(=O)C1=C(N)n2c(s/c(=C/c3cc(OC)cc(OC)c3)c2=O)=C(C(=O)OCC)C1c1cc(OC)cc(OC)c1. The van der Waals surface area contributed by atoms with Crippen LogP contribution in [-0.4, -0.2) is 58.2 Å². The van der Waals surface area contributed by atoms with Crippen LogP contribution in [-0.2, 0) is 19.1 Å². The van der Waals surface area contributed by atoms with Crippen molar-refractivity contribution in [2.45, 2.75) is 19.8 Å². The number of methoxy groups -OCH3 is 4. The zero-order valence-electron chi connectivity index (χ0n) is 24.1. The third-order valence-corrected chi connectivity index (χ3v) is 7.63.